The zero-order valence-electron chi connectivity index (χ0n) is 13.0. The van der Waals surface area contributed by atoms with Gasteiger partial charge in [-0.1, -0.05) is 48.9 Å². The molecule has 0 saturated heterocycles. The van der Waals surface area contributed by atoms with Crippen molar-refractivity contribution in [1.29, 1.82) is 0 Å². The number of nitrogens with one attached hydrogen (secondary N) is 1. The van der Waals surface area contributed by atoms with E-state index in [1.54, 1.807) is 0 Å². The van der Waals surface area contributed by atoms with Gasteiger partial charge in [0.25, 0.3) is 0 Å². The summed E-state index contributed by atoms with van der Waals surface area (Å²) in [4.78, 5) is 0. The van der Waals surface area contributed by atoms with Gasteiger partial charge in [-0.05, 0) is 37.6 Å². The highest BCUT2D eigenvalue weighted by Gasteiger charge is 2.29. The Balaban J connectivity index is 1.95. The fraction of sp³-hybridized carbons (Fsp3) is 0.368. The molecule has 2 atom stereocenters. The van der Waals surface area contributed by atoms with Crippen LogP contribution in [0.1, 0.15) is 47.7 Å². The van der Waals surface area contributed by atoms with Crippen LogP contribution in [-0.4, -0.2) is 6.54 Å². The Hall–Kier alpha value is -1.80. The highest BCUT2D eigenvalue weighted by Crippen LogP contribution is 2.41. The largest absolute Gasteiger partial charge is 0.485 e. The molecule has 0 spiro atoms. The van der Waals surface area contributed by atoms with Gasteiger partial charge in [0.2, 0.25) is 0 Å². The smallest absolute Gasteiger partial charge is 0.126 e. The zero-order valence-corrected chi connectivity index (χ0v) is 13.0. The van der Waals surface area contributed by atoms with E-state index < -0.39 is 0 Å². The molecule has 0 saturated carbocycles. The fourth-order valence-electron chi connectivity index (χ4n) is 3.24. The number of hydrogen-bond acceptors (Lipinski definition) is 2. The van der Waals surface area contributed by atoms with E-state index in [1.807, 2.05) is 6.07 Å². The summed E-state index contributed by atoms with van der Waals surface area (Å²) < 4.78 is 6.28. The Kier molecular flexibility index (Phi) is 3.98. The van der Waals surface area contributed by atoms with Crippen molar-refractivity contribution in [1.82, 2.24) is 5.32 Å². The molecule has 0 aromatic heterocycles. The number of rotatable bonds is 3. The summed E-state index contributed by atoms with van der Waals surface area (Å²) >= 11 is 0. The number of para-hydroxylation sites is 1. The normalized spacial score (nSPS) is 20.7. The summed E-state index contributed by atoms with van der Waals surface area (Å²) in [5.41, 5.74) is 5.20. The lowest BCUT2D eigenvalue weighted by molar-refractivity contribution is 0.151. The highest BCUT2D eigenvalue weighted by molar-refractivity contribution is 5.41. The van der Waals surface area contributed by atoms with Crippen LogP contribution in [0.3, 0.4) is 0 Å². The standard InChI is InChI=1S/C19H23NO/c1-4-20-17-12-19(15-10-9-13(2)11-14(15)3)21-18-8-6-5-7-16(17)18/h5-11,17,19-20H,4,12H2,1-3H3. The minimum atomic E-state index is 0.129. The summed E-state index contributed by atoms with van der Waals surface area (Å²) in [7, 11) is 0. The Labute approximate surface area is 127 Å². The first-order valence-electron chi connectivity index (χ1n) is 7.75. The van der Waals surface area contributed by atoms with Crippen molar-refractivity contribution < 1.29 is 4.74 Å². The Morgan fingerprint density at radius 2 is 1.90 bits per heavy atom. The van der Waals surface area contributed by atoms with Crippen LogP contribution in [0.15, 0.2) is 42.5 Å². The van der Waals surface area contributed by atoms with Crippen LogP contribution in [0.4, 0.5) is 0 Å². The molecule has 3 rings (SSSR count). The van der Waals surface area contributed by atoms with Crippen LogP contribution < -0.4 is 10.1 Å². The molecule has 0 amide bonds. The fourth-order valence-corrected chi connectivity index (χ4v) is 3.24. The number of ether oxygens (including phenoxy) is 1. The first-order chi connectivity index (χ1) is 10.2. The molecular weight excluding hydrogens is 258 g/mol. The van der Waals surface area contributed by atoms with Crippen LogP contribution in [0.2, 0.25) is 0 Å². The average Bonchev–Trinajstić information content (AvgIpc) is 2.47. The maximum atomic E-state index is 6.28. The average molecular weight is 281 g/mol. The van der Waals surface area contributed by atoms with E-state index in [9.17, 15) is 0 Å². The molecule has 110 valence electrons. The highest BCUT2D eigenvalue weighted by atomic mass is 16.5. The second-order valence-electron chi connectivity index (χ2n) is 5.85. The summed E-state index contributed by atoms with van der Waals surface area (Å²) in [6.45, 7) is 7.44. The lowest BCUT2D eigenvalue weighted by atomic mass is 9.90. The lowest BCUT2D eigenvalue weighted by Gasteiger charge is -2.33. The molecule has 0 radical (unpaired) electrons. The summed E-state index contributed by atoms with van der Waals surface area (Å²) in [6, 6.07) is 15.4. The predicted octanol–water partition coefficient (Wildman–Crippen LogP) is 4.48. The van der Waals surface area contributed by atoms with Gasteiger partial charge in [-0.2, -0.15) is 0 Å². The van der Waals surface area contributed by atoms with Crippen molar-refractivity contribution in [2.75, 3.05) is 6.54 Å². The Bertz CT molecular complexity index is 635. The molecule has 0 bridgehead atoms. The van der Waals surface area contributed by atoms with E-state index in [4.69, 9.17) is 4.74 Å². The molecule has 2 heteroatoms. The third kappa shape index (κ3) is 2.81. The van der Waals surface area contributed by atoms with Crippen molar-refractivity contribution in [3.63, 3.8) is 0 Å². The molecule has 2 nitrogen and oxygen atoms in total. The minimum Gasteiger partial charge on any atom is -0.485 e. The molecule has 0 fully saturated rings. The molecule has 21 heavy (non-hydrogen) atoms. The summed E-state index contributed by atoms with van der Waals surface area (Å²) in [5, 5.41) is 3.59. The van der Waals surface area contributed by atoms with Crippen LogP contribution in [0.25, 0.3) is 0 Å². The maximum Gasteiger partial charge on any atom is 0.126 e. The topological polar surface area (TPSA) is 21.3 Å². The van der Waals surface area contributed by atoms with Crippen molar-refractivity contribution in [3.8, 4) is 5.75 Å². The number of aryl methyl sites for hydroxylation is 2. The van der Waals surface area contributed by atoms with E-state index in [1.165, 1.54) is 22.3 Å². The molecule has 2 aromatic carbocycles. The van der Waals surface area contributed by atoms with Crippen molar-refractivity contribution in [2.24, 2.45) is 0 Å². The van der Waals surface area contributed by atoms with E-state index >= 15 is 0 Å². The number of benzene rings is 2. The van der Waals surface area contributed by atoms with E-state index in [-0.39, 0.29) is 6.10 Å². The predicted molar refractivity (Wildman–Crippen MR) is 86.8 cm³/mol. The minimum absolute atomic E-state index is 0.129. The van der Waals surface area contributed by atoms with Crippen molar-refractivity contribution in [2.45, 2.75) is 39.3 Å². The first-order valence-corrected chi connectivity index (χ1v) is 7.75. The maximum absolute atomic E-state index is 6.28. The molecule has 2 unspecified atom stereocenters. The van der Waals surface area contributed by atoms with Gasteiger partial charge in [0.1, 0.15) is 11.9 Å². The molecule has 2 aromatic rings. The van der Waals surface area contributed by atoms with E-state index in [0.717, 1.165) is 18.7 Å². The number of fused-ring (bicyclic) bond motifs is 1. The molecule has 1 aliphatic rings. The van der Waals surface area contributed by atoms with Gasteiger partial charge >= 0.3 is 0 Å². The Morgan fingerprint density at radius 3 is 2.67 bits per heavy atom. The third-order valence-electron chi connectivity index (χ3n) is 4.24. The monoisotopic (exact) mass is 281 g/mol. The second-order valence-corrected chi connectivity index (χ2v) is 5.85. The molecule has 1 aliphatic heterocycles. The SMILES string of the molecule is CCNC1CC(c2ccc(C)cc2C)Oc2ccccc21. The Morgan fingerprint density at radius 1 is 1.10 bits per heavy atom. The lowest BCUT2D eigenvalue weighted by Crippen LogP contribution is -2.29. The van der Waals surface area contributed by atoms with Gasteiger partial charge < -0.3 is 10.1 Å². The van der Waals surface area contributed by atoms with Gasteiger partial charge in [-0.25, -0.2) is 0 Å². The van der Waals surface area contributed by atoms with Gasteiger partial charge in [0.15, 0.2) is 0 Å². The second kappa shape index (κ2) is 5.90. The van der Waals surface area contributed by atoms with Crippen LogP contribution >= 0.6 is 0 Å². The van der Waals surface area contributed by atoms with Gasteiger partial charge in [0, 0.05) is 18.0 Å². The van der Waals surface area contributed by atoms with E-state index in [2.05, 4.69) is 62.5 Å². The van der Waals surface area contributed by atoms with Gasteiger partial charge in [0.05, 0.1) is 0 Å². The van der Waals surface area contributed by atoms with Crippen LogP contribution in [-0.2, 0) is 0 Å². The molecular formula is C19H23NO. The van der Waals surface area contributed by atoms with Crippen LogP contribution in [0.5, 0.6) is 5.75 Å². The van der Waals surface area contributed by atoms with Gasteiger partial charge in [-0.15, -0.1) is 0 Å². The molecule has 1 heterocycles. The zero-order chi connectivity index (χ0) is 14.8. The molecule has 1 N–H and O–H groups in total. The first kappa shape index (κ1) is 14.2. The molecule has 0 aliphatic carbocycles. The van der Waals surface area contributed by atoms with Crippen molar-refractivity contribution in [3.05, 3.63) is 64.7 Å². The quantitative estimate of drug-likeness (QED) is 0.895. The van der Waals surface area contributed by atoms with Crippen LogP contribution in [0, 0.1) is 13.8 Å². The summed E-state index contributed by atoms with van der Waals surface area (Å²) in [5.74, 6) is 1.01. The van der Waals surface area contributed by atoms with Gasteiger partial charge in [-0.3, -0.25) is 0 Å². The number of hydrogen-bond donors (Lipinski definition) is 1. The van der Waals surface area contributed by atoms with Crippen molar-refractivity contribution >= 4 is 0 Å². The summed E-state index contributed by atoms with van der Waals surface area (Å²) in [6.07, 6.45) is 1.11. The van der Waals surface area contributed by atoms with E-state index in [0.29, 0.717) is 6.04 Å². The third-order valence-corrected chi connectivity index (χ3v) is 4.24.